The van der Waals surface area contributed by atoms with Gasteiger partial charge < -0.3 is 20.2 Å². The first kappa shape index (κ1) is 28.3. The lowest BCUT2D eigenvalue weighted by Crippen LogP contribution is -2.34. The second kappa shape index (κ2) is 19.3. The van der Waals surface area contributed by atoms with Gasteiger partial charge in [0.2, 0.25) is 5.91 Å². The first-order chi connectivity index (χ1) is 13.8. The van der Waals surface area contributed by atoms with Gasteiger partial charge in [-0.1, -0.05) is 70.4 Å². The smallest absolute Gasteiger partial charge is 0.389 e. The van der Waals surface area contributed by atoms with Crippen LogP contribution in [0.15, 0.2) is 12.2 Å². The lowest BCUT2D eigenvalue weighted by molar-refractivity contribution is -0.121. The summed E-state index contributed by atoms with van der Waals surface area (Å²) in [4.78, 5) is 28.7. The van der Waals surface area contributed by atoms with Crippen molar-refractivity contribution in [2.75, 3.05) is 13.2 Å². The fourth-order valence-corrected chi connectivity index (χ4v) is 3.28. The summed E-state index contributed by atoms with van der Waals surface area (Å²) in [7, 11) is -4.59. The number of allylic oxidation sites excluding steroid dienone is 2. The molecule has 4 N–H and O–H groups in total. The number of hydrogen-bond acceptors (Lipinski definition) is 4. The topological polar surface area (TPSA) is 116 Å². The predicted octanol–water partition coefficient (Wildman–Crippen LogP) is 4.61. The third-order valence-corrected chi connectivity index (χ3v) is 5.12. The van der Waals surface area contributed by atoms with Crippen molar-refractivity contribution in [1.29, 1.82) is 0 Å². The van der Waals surface area contributed by atoms with Crippen LogP contribution in [-0.4, -0.2) is 40.1 Å². The van der Waals surface area contributed by atoms with Crippen molar-refractivity contribution in [3.63, 3.8) is 0 Å². The van der Waals surface area contributed by atoms with Crippen molar-refractivity contribution >= 4 is 13.7 Å². The number of nitrogens with one attached hydrogen (secondary N) is 1. The minimum atomic E-state index is -4.59. The van der Waals surface area contributed by atoms with Crippen LogP contribution >= 0.6 is 7.82 Å². The molecule has 1 unspecified atom stereocenters. The number of phosphoric acid groups is 1. The van der Waals surface area contributed by atoms with Crippen LogP contribution in [0, 0.1) is 0 Å². The highest BCUT2D eigenvalue weighted by Crippen LogP contribution is 2.35. The largest absolute Gasteiger partial charge is 0.469 e. The number of rotatable bonds is 20. The Balaban J connectivity index is 3.38. The van der Waals surface area contributed by atoms with E-state index in [1.165, 1.54) is 57.8 Å². The van der Waals surface area contributed by atoms with E-state index in [-0.39, 0.29) is 12.5 Å². The fourth-order valence-electron chi connectivity index (χ4n) is 2.92. The minimum absolute atomic E-state index is 0.0795. The van der Waals surface area contributed by atoms with Gasteiger partial charge in [-0.3, -0.25) is 9.32 Å². The maximum absolute atomic E-state index is 11.7. The Morgan fingerprint density at radius 2 is 1.45 bits per heavy atom. The summed E-state index contributed by atoms with van der Waals surface area (Å²) in [5.74, 6) is -0.169. The van der Waals surface area contributed by atoms with Crippen molar-refractivity contribution in [2.45, 2.75) is 103 Å². The van der Waals surface area contributed by atoms with Crippen LogP contribution in [0.4, 0.5) is 0 Å². The number of hydrogen-bond donors (Lipinski definition) is 4. The summed E-state index contributed by atoms with van der Waals surface area (Å²) in [5, 5.41) is 12.0. The lowest BCUT2D eigenvalue weighted by atomic mass is 10.1. The van der Waals surface area contributed by atoms with Crippen molar-refractivity contribution in [2.24, 2.45) is 0 Å². The molecule has 0 rings (SSSR count). The van der Waals surface area contributed by atoms with Crippen LogP contribution in [0.5, 0.6) is 0 Å². The highest BCUT2D eigenvalue weighted by Gasteiger charge is 2.17. The van der Waals surface area contributed by atoms with E-state index in [4.69, 9.17) is 9.79 Å². The molecule has 0 fully saturated rings. The van der Waals surface area contributed by atoms with Gasteiger partial charge in [-0.05, 0) is 32.1 Å². The second-order valence-corrected chi connectivity index (χ2v) is 8.82. The van der Waals surface area contributed by atoms with Crippen LogP contribution < -0.4 is 5.32 Å². The molecule has 8 heteroatoms. The zero-order valence-corrected chi connectivity index (χ0v) is 19.0. The number of unbranched alkanes of at least 4 members (excludes halogenated alkanes) is 11. The van der Waals surface area contributed by atoms with Gasteiger partial charge >= 0.3 is 7.82 Å². The molecule has 0 aromatic heterocycles. The Morgan fingerprint density at radius 3 is 2.00 bits per heavy atom. The SMILES string of the molecule is CCCCCCCCC=CCCCCCCCC(=O)NCC(O)COP(=O)(O)O. The molecule has 0 radical (unpaired) electrons. The van der Waals surface area contributed by atoms with Crippen LogP contribution in [0.3, 0.4) is 0 Å². The molecule has 1 amide bonds. The molecule has 0 aromatic carbocycles. The van der Waals surface area contributed by atoms with Crippen LogP contribution in [-0.2, 0) is 13.9 Å². The molecule has 0 aliphatic rings. The molecule has 0 heterocycles. The lowest BCUT2D eigenvalue weighted by Gasteiger charge is -2.12. The third-order valence-electron chi connectivity index (χ3n) is 4.64. The molecule has 29 heavy (non-hydrogen) atoms. The third kappa shape index (κ3) is 23.4. The van der Waals surface area contributed by atoms with Gasteiger partial charge in [0.25, 0.3) is 0 Å². The normalized spacial score (nSPS) is 13.1. The average Bonchev–Trinajstić information content (AvgIpc) is 2.67. The van der Waals surface area contributed by atoms with E-state index < -0.39 is 20.5 Å². The quantitative estimate of drug-likeness (QED) is 0.126. The Labute approximate surface area is 176 Å². The van der Waals surface area contributed by atoms with Gasteiger partial charge in [-0.15, -0.1) is 0 Å². The van der Waals surface area contributed by atoms with Gasteiger partial charge in [-0.2, -0.15) is 0 Å². The minimum Gasteiger partial charge on any atom is -0.389 e. The van der Waals surface area contributed by atoms with E-state index in [0.29, 0.717) is 6.42 Å². The summed E-state index contributed by atoms with van der Waals surface area (Å²) in [6.07, 6.45) is 19.5. The van der Waals surface area contributed by atoms with E-state index in [9.17, 15) is 14.5 Å². The van der Waals surface area contributed by atoms with E-state index in [1.54, 1.807) is 0 Å². The monoisotopic (exact) mass is 435 g/mol. The zero-order valence-electron chi connectivity index (χ0n) is 18.1. The molecule has 0 saturated heterocycles. The van der Waals surface area contributed by atoms with Crippen molar-refractivity contribution in [3.05, 3.63) is 12.2 Å². The molecule has 0 aromatic rings. The Kier molecular flexibility index (Phi) is 18.8. The molecule has 1 atom stereocenters. The molecule has 172 valence electrons. The highest BCUT2D eigenvalue weighted by molar-refractivity contribution is 7.46. The van der Waals surface area contributed by atoms with Gasteiger partial charge in [-0.25, -0.2) is 4.57 Å². The van der Waals surface area contributed by atoms with Crippen molar-refractivity contribution in [3.8, 4) is 0 Å². The highest BCUT2D eigenvalue weighted by atomic mass is 31.2. The predicted molar refractivity (Wildman–Crippen MR) is 116 cm³/mol. The van der Waals surface area contributed by atoms with Crippen molar-refractivity contribution < 1.29 is 28.8 Å². The van der Waals surface area contributed by atoms with Crippen LogP contribution in [0.25, 0.3) is 0 Å². The second-order valence-electron chi connectivity index (χ2n) is 7.58. The van der Waals surface area contributed by atoms with E-state index in [0.717, 1.165) is 25.7 Å². The van der Waals surface area contributed by atoms with Crippen LogP contribution in [0.1, 0.15) is 96.8 Å². The summed E-state index contributed by atoms with van der Waals surface area (Å²) in [6.45, 7) is 1.65. The summed E-state index contributed by atoms with van der Waals surface area (Å²) < 4.78 is 14.7. The fraction of sp³-hybridized carbons (Fsp3) is 0.857. The molecule has 0 bridgehead atoms. The summed E-state index contributed by atoms with van der Waals surface area (Å²) in [5.41, 5.74) is 0. The van der Waals surface area contributed by atoms with Gasteiger partial charge in [0.05, 0.1) is 12.7 Å². The maximum Gasteiger partial charge on any atom is 0.469 e. The van der Waals surface area contributed by atoms with E-state index in [2.05, 4.69) is 28.9 Å². The average molecular weight is 436 g/mol. The first-order valence-corrected chi connectivity index (χ1v) is 12.7. The van der Waals surface area contributed by atoms with E-state index >= 15 is 0 Å². The van der Waals surface area contributed by atoms with Gasteiger partial charge in [0.1, 0.15) is 0 Å². The molecule has 0 saturated carbocycles. The number of aliphatic hydroxyl groups excluding tert-OH is 1. The standard InChI is InChI=1S/C21H42NO6P/c1-2-3-4-5-6-7-8-9-10-11-12-13-14-15-16-17-21(24)22-18-20(23)19-28-29(25,26)27/h9-10,20,23H,2-8,11-19H2,1H3,(H,22,24)(H2,25,26,27). The van der Waals surface area contributed by atoms with Gasteiger partial charge in [0, 0.05) is 13.0 Å². The first-order valence-electron chi connectivity index (χ1n) is 11.1. The summed E-state index contributed by atoms with van der Waals surface area (Å²) in [6, 6.07) is 0. The molecular weight excluding hydrogens is 393 g/mol. The Bertz CT molecular complexity index is 466. The van der Waals surface area contributed by atoms with E-state index in [1.807, 2.05) is 0 Å². The molecule has 7 nitrogen and oxygen atoms in total. The number of amides is 1. The Hall–Kier alpha value is -0.720. The molecule has 0 spiro atoms. The van der Waals surface area contributed by atoms with Crippen molar-refractivity contribution in [1.82, 2.24) is 5.32 Å². The molecule has 0 aliphatic heterocycles. The van der Waals surface area contributed by atoms with Crippen LogP contribution in [0.2, 0.25) is 0 Å². The number of carbonyl (C=O) groups excluding carboxylic acids is 1. The number of phosphoric ester groups is 1. The zero-order chi connectivity index (χ0) is 21.8. The number of carbonyl (C=O) groups is 1. The summed E-state index contributed by atoms with van der Waals surface area (Å²) >= 11 is 0. The maximum atomic E-state index is 11.7. The molecule has 0 aliphatic carbocycles. The molecular formula is C21H42NO6P. The van der Waals surface area contributed by atoms with Gasteiger partial charge in [0.15, 0.2) is 0 Å². The number of aliphatic hydroxyl groups is 1. The Morgan fingerprint density at radius 1 is 0.931 bits per heavy atom.